The van der Waals surface area contributed by atoms with Crippen LogP contribution in [0, 0.1) is 0 Å². The van der Waals surface area contributed by atoms with Gasteiger partial charge < -0.3 is 14.8 Å². The van der Waals surface area contributed by atoms with Crippen LogP contribution in [0.15, 0.2) is 10.7 Å². The minimum atomic E-state index is -0.00780. The summed E-state index contributed by atoms with van der Waals surface area (Å²) in [6.45, 7) is 2.57. The van der Waals surface area contributed by atoms with Crippen molar-refractivity contribution in [3.8, 4) is 0 Å². The number of nitrogens with one attached hydrogen (secondary N) is 1. The summed E-state index contributed by atoms with van der Waals surface area (Å²) in [4.78, 5) is 12.0. The number of Topliss-reactive ketones (excluding diaryl/α,β-unsaturated/α-hetero) is 1. The zero-order chi connectivity index (χ0) is 13.4. The SMILES string of the molecule is COCCNCC(=O)c1c(Br)cnn1CCOC. The van der Waals surface area contributed by atoms with E-state index in [1.165, 1.54) is 0 Å². The minimum absolute atomic E-state index is 0.00780. The number of ether oxygens (including phenoxy) is 2. The van der Waals surface area contributed by atoms with Crippen LogP contribution in [-0.4, -0.2) is 56.1 Å². The van der Waals surface area contributed by atoms with E-state index in [9.17, 15) is 4.79 Å². The molecule has 7 heteroatoms. The maximum atomic E-state index is 12.0. The number of halogens is 1. The predicted molar refractivity (Wildman–Crippen MR) is 70.9 cm³/mol. The van der Waals surface area contributed by atoms with Crippen LogP contribution in [0.5, 0.6) is 0 Å². The maximum absolute atomic E-state index is 12.0. The number of carbonyl (C=O) groups is 1. The lowest BCUT2D eigenvalue weighted by Crippen LogP contribution is -2.28. The van der Waals surface area contributed by atoms with Gasteiger partial charge in [-0.15, -0.1) is 0 Å². The second kappa shape index (κ2) is 8.36. The molecule has 18 heavy (non-hydrogen) atoms. The predicted octanol–water partition coefficient (Wildman–Crippen LogP) is 0.711. The van der Waals surface area contributed by atoms with E-state index in [4.69, 9.17) is 9.47 Å². The van der Waals surface area contributed by atoms with Crippen LogP contribution in [0.25, 0.3) is 0 Å². The molecular weight excluding hydrogens is 302 g/mol. The van der Waals surface area contributed by atoms with Crippen molar-refractivity contribution in [1.29, 1.82) is 0 Å². The fourth-order valence-electron chi connectivity index (χ4n) is 1.45. The highest BCUT2D eigenvalue weighted by Gasteiger charge is 2.16. The second-order valence-electron chi connectivity index (χ2n) is 3.65. The molecule has 1 heterocycles. The molecule has 0 saturated carbocycles. The third-order valence-corrected chi connectivity index (χ3v) is 2.91. The molecule has 1 N–H and O–H groups in total. The molecule has 0 aliphatic carbocycles. The van der Waals surface area contributed by atoms with Crippen molar-refractivity contribution in [3.05, 3.63) is 16.4 Å². The Morgan fingerprint density at radius 1 is 1.44 bits per heavy atom. The molecule has 1 rings (SSSR count). The topological polar surface area (TPSA) is 65.4 Å². The Morgan fingerprint density at radius 2 is 2.17 bits per heavy atom. The lowest BCUT2D eigenvalue weighted by Gasteiger charge is -2.07. The summed E-state index contributed by atoms with van der Waals surface area (Å²) in [5, 5.41) is 7.15. The van der Waals surface area contributed by atoms with E-state index >= 15 is 0 Å². The van der Waals surface area contributed by atoms with Crippen LogP contribution in [0.3, 0.4) is 0 Å². The molecule has 0 amide bonds. The highest BCUT2D eigenvalue weighted by Crippen LogP contribution is 2.16. The Morgan fingerprint density at radius 3 is 2.83 bits per heavy atom. The van der Waals surface area contributed by atoms with Crippen molar-refractivity contribution in [3.63, 3.8) is 0 Å². The van der Waals surface area contributed by atoms with Crippen LogP contribution in [0.2, 0.25) is 0 Å². The van der Waals surface area contributed by atoms with Crippen molar-refractivity contribution in [2.75, 3.05) is 40.5 Å². The third kappa shape index (κ3) is 4.49. The molecular formula is C11H18BrN3O3. The van der Waals surface area contributed by atoms with Crippen molar-refractivity contribution in [2.45, 2.75) is 6.54 Å². The number of rotatable bonds is 9. The molecule has 0 aromatic carbocycles. The summed E-state index contributed by atoms with van der Waals surface area (Å²) in [5.41, 5.74) is 0.567. The first kappa shape index (κ1) is 15.3. The average Bonchev–Trinajstić information content (AvgIpc) is 2.73. The number of hydrogen-bond acceptors (Lipinski definition) is 5. The maximum Gasteiger partial charge on any atom is 0.195 e. The molecule has 0 radical (unpaired) electrons. The molecule has 0 bridgehead atoms. The fourth-order valence-corrected chi connectivity index (χ4v) is 1.96. The van der Waals surface area contributed by atoms with Gasteiger partial charge in [-0.1, -0.05) is 0 Å². The minimum Gasteiger partial charge on any atom is -0.383 e. The number of carbonyl (C=O) groups excluding carboxylic acids is 1. The van der Waals surface area contributed by atoms with E-state index in [-0.39, 0.29) is 12.3 Å². The number of methoxy groups -OCH3 is 2. The molecule has 0 aliphatic rings. The lowest BCUT2D eigenvalue weighted by molar-refractivity contribution is 0.0973. The summed E-state index contributed by atoms with van der Waals surface area (Å²) >= 11 is 3.33. The molecule has 0 spiro atoms. The largest absolute Gasteiger partial charge is 0.383 e. The van der Waals surface area contributed by atoms with Gasteiger partial charge in [-0.25, -0.2) is 0 Å². The van der Waals surface area contributed by atoms with E-state index in [1.807, 2.05) is 0 Å². The van der Waals surface area contributed by atoms with Gasteiger partial charge >= 0.3 is 0 Å². The van der Waals surface area contributed by atoms with Gasteiger partial charge in [0.15, 0.2) is 5.78 Å². The highest BCUT2D eigenvalue weighted by molar-refractivity contribution is 9.10. The van der Waals surface area contributed by atoms with Crippen molar-refractivity contribution >= 4 is 21.7 Å². The number of nitrogens with zero attached hydrogens (tertiary/aromatic N) is 2. The van der Waals surface area contributed by atoms with Gasteiger partial charge in [-0.2, -0.15) is 5.10 Å². The number of hydrogen-bond donors (Lipinski definition) is 1. The van der Waals surface area contributed by atoms with E-state index in [2.05, 4.69) is 26.3 Å². The molecule has 0 fully saturated rings. The quantitative estimate of drug-likeness (QED) is 0.536. The fraction of sp³-hybridized carbons (Fsp3) is 0.636. The molecule has 6 nitrogen and oxygen atoms in total. The summed E-state index contributed by atoms with van der Waals surface area (Å²) in [5.74, 6) is -0.00780. The van der Waals surface area contributed by atoms with Gasteiger partial charge in [0.1, 0.15) is 5.69 Å². The number of ketones is 1. The van der Waals surface area contributed by atoms with Gasteiger partial charge in [0.2, 0.25) is 0 Å². The molecule has 1 aromatic heterocycles. The van der Waals surface area contributed by atoms with Crippen molar-refractivity contribution < 1.29 is 14.3 Å². The van der Waals surface area contributed by atoms with Crippen LogP contribution in [-0.2, 0) is 16.0 Å². The average molecular weight is 320 g/mol. The normalized spacial score (nSPS) is 10.8. The first-order valence-electron chi connectivity index (χ1n) is 5.63. The Hall–Kier alpha value is -0.760. The number of aromatic nitrogens is 2. The molecule has 1 aromatic rings. The monoisotopic (exact) mass is 319 g/mol. The molecule has 0 aliphatic heterocycles. The Kier molecular flexibility index (Phi) is 7.11. The van der Waals surface area contributed by atoms with E-state index in [0.29, 0.717) is 36.5 Å². The van der Waals surface area contributed by atoms with E-state index < -0.39 is 0 Å². The standard InChI is InChI=1S/C11H18BrN3O3/c1-17-5-3-13-8-10(16)11-9(12)7-14-15(11)4-6-18-2/h7,13H,3-6,8H2,1-2H3. The summed E-state index contributed by atoms with van der Waals surface area (Å²) in [6.07, 6.45) is 1.62. The van der Waals surface area contributed by atoms with Crippen LogP contribution < -0.4 is 5.32 Å². The zero-order valence-electron chi connectivity index (χ0n) is 10.6. The van der Waals surface area contributed by atoms with Gasteiger partial charge in [0, 0.05) is 20.8 Å². The van der Waals surface area contributed by atoms with Gasteiger partial charge in [0.05, 0.1) is 37.0 Å². The van der Waals surface area contributed by atoms with Crippen LogP contribution in [0.4, 0.5) is 0 Å². The summed E-state index contributed by atoms with van der Waals surface area (Å²) < 4.78 is 12.2. The molecule has 102 valence electrons. The van der Waals surface area contributed by atoms with E-state index in [1.54, 1.807) is 25.1 Å². The smallest absolute Gasteiger partial charge is 0.195 e. The first-order chi connectivity index (χ1) is 8.70. The highest BCUT2D eigenvalue weighted by atomic mass is 79.9. The Labute approximate surface area is 115 Å². The molecule has 0 atom stereocenters. The van der Waals surface area contributed by atoms with Crippen LogP contribution in [0.1, 0.15) is 10.5 Å². The van der Waals surface area contributed by atoms with Crippen molar-refractivity contribution in [2.24, 2.45) is 0 Å². The molecule has 0 saturated heterocycles. The zero-order valence-corrected chi connectivity index (χ0v) is 12.2. The van der Waals surface area contributed by atoms with Gasteiger partial charge in [-0.3, -0.25) is 9.48 Å². The summed E-state index contributed by atoms with van der Waals surface area (Å²) in [6, 6.07) is 0. The lowest BCUT2D eigenvalue weighted by atomic mass is 10.3. The Balaban J connectivity index is 2.57. The van der Waals surface area contributed by atoms with Gasteiger partial charge in [0.25, 0.3) is 0 Å². The Bertz CT molecular complexity index is 382. The third-order valence-electron chi connectivity index (χ3n) is 2.33. The first-order valence-corrected chi connectivity index (χ1v) is 6.43. The van der Waals surface area contributed by atoms with Crippen LogP contribution >= 0.6 is 15.9 Å². The molecule has 0 unspecified atom stereocenters. The summed E-state index contributed by atoms with van der Waals surface area (Å²) in [7, 11) is 3.24. The van der Waals surface area contributed by atoms with Gasteiger partial charge in [-0.05, 0) is 15.9 Å². The van der Waals surface area contributed by atoms with E-state index in [0.717, 1.165) is 0 Å². The second-order valence-corrected chi connectivity index (χ2v) is 4.50. The van der Waals surface area contributed by atoms with Crippen molar-refractivity contribution in [1.82, 2.24) is 15.1 Å².